The van der Waals surface area contributed by atoms with E-state index in [2.05, 4.69) is 48.5 Å². The highest BCUT2D eigenvalue weighted by molar-refractivity contribution is 7.20. The third kappa shape index (κ3) is 1.79. The highest BCUT2D eigenvalue weighted by atomic mass is 32.1. The summed E-state index contributed by atoms with van der Waals surface area (Å²) in [7, 11) is 0. The molecule has 2 heterocycles. The Labute approximate surface area is 145 Å². The van der Waals surface area contributed by atoms with Crippen LogP contribution in [0, 0.1) is 22.7 Å². The summed E-state index contributed by atoms with van der Waals surface area (Å²) in [5.74, 6) is 0. The Hall–Kier alpha value is -2.92. The molecular weight excluding hydrogens is 332 g/mol. The van der Waals surface area contributed by atoms with Gasteiger partial charge in [0, 0.05) is 20.2 Å². The fraction of sp³-hybridized carbons (Fsp3) is 0. The zero-order chi connectivity index (χ0) is 16.3. The number of thiophene rings is 2. The van der Waals surface area contributed by atoms with Crippen molar-refractivity contribution in [3.8, 4) is 12.1 Å². The number of hydrogen-bond donors (Lipinski definition) is 0. The van der Waals surface area contributed by atoms with Gasteiger partial charge in [0.05, 0.1) is 0 Å². The summed E-state index contributed by atoms with van der Waals surface area (Å²) in [6.45, 7) is 0. The van der Waals surface area contributed by atoms with Gasteiger partial charge >= 0.3 is 0 Å². The molecule has 5 aromatic rings. The Kier molecular flexibility index (Phi) is 2.69. The topological polar surface area (TPSA) is 47.6 Å². The SMILES string of the molecule is N#Cc1cc2c(ccc3cc4c(ccc5sc(C#N)cc54)cc32)s1. The molecule has 3 aromatic carbocycles. The van der Waals surface area contributed by atoms with Gasteiger partial charge in [-0.25, -0.2) is 0 Å². The van der Waals surface area contributed by atoms with E-state index >= 15 is 0 Å². The zero-order valence-electron chi connectivity index (χ0n) is 12.3. The lowest BCUT2D eigenvalue weighted by Crippen LogP contribution is -1.78. The van der Waals surface area contributed by atoms with Crippen LogP contribution in [-0.4, -0.2) is 0 Å². The van der Waals surface area contributed by atoms with E-state index in [1.807, 2.05) is 12.1 Å². The van der Waals surface area contributed by atoms with E-state index in [9.17, 15) is 0 Å². The lowest BCUT2D eigenvalue weighted by molar-refractivity contribution is 1.52. The fourth-order valence-corrected chi connectivity index (χ4v) is 5.04. The van der Waals surface area contributed by atoms with Crippen LogP contribution in [0.4, 0.5) is 0 Å². The van der Waals surface area contributed by atoms with Crippen LogP contribution < -0.4 is 0 Å². The molecule has 0 amide bonds. The van der Waals surface area contributed by atoms with Gasteiger partial charge in [-0.15, -0.1) is 22.7 Å². The molecule has 0 aliphatic carbocycles. The number of rotatable bonds is 0. The second-order valence-corrected chi connectivity index (χ2v) is 7.86. The second kappa shape index (κ2) is 4.79. The van der Waals surface area contributed by atoms with Crippen molar-refractivity contribution in [2.75, 3.05) is 0 Å². The second-order valence-electron chi connectivity index (χ2n) is 5.69. The molecule has 0 bridgehead atoms. The summed E-state index contributed by atoms with van der Waals surface area (Å²) in [6, 6.07) is 21.2. The Bertz CT molecular complexity index is 1270. The molecule has 0 fully saturated rings. The van der Waals surface area contributed by atoms with Gasteiger partial charge in [0.15, 0.2) is 0 Å². The lowest BCUT2D eigenvalue weighted by atomic mass is 9.99. The predicted molar refractivity (Wildman–Crippen MR) is 102 cm³/mol. The first kappa shape index (κ1) is 13.5. The molecule has 110 valence electrons. The first-order valence-electron chi connectivity index (χ1n) is 7.39. The van der Waals surface area contributed by atoms with E-state index in [0.29, 0.717) is 0 Å². The minimum atomic E-state index is 0.740. The molecule has 0 spiro atoms. The monoisotopic (exact) mass is 340 g/mol. The van der Waals surface area contributed by atoms with Crippen molar-refractivity contribution in [2.45, 2.75) is 0 Å². The molecule has 0 saturated heterocycles. The van der Waals surface area contributed by atoms with Crippen LogP contribution in [0.5, 0.6) is 0 Å². The number of hydrogen-bond acceptors (Lipinski definition) is 4. The smallest absolute Gasteiger partial charge is 0.110 e. The molecule has 2 nitrogen and oxygen atoms in total. The summed E-state index contributed by atoms with van der Waals surface area (Å²) in [5, 5.41) is 25.3. The minimum Gasteiger partial charge on any atom is -0.192 e. The van der Waals surface area contributed by atoms with Crippen molar-refractivity contribution < 1.29 is 0 Å². The van der Waals surface area contributed by atoms with Crippen molar-refractivity contribution in [2.24, 2.45) is 0 Å². The van der Waals surface area contributed by atoms with E-state index < -0.39 is 0 Å². The maximum atomic E-state index is 9.16. The fourth-order valence-electron chi connectivity index (χ4n) is 3.30. The van der Waals surface area contributed by atoms with Crippen molar-refractivity contribution in [1.82, 2.24) is 0 Å². The molecule has 0 N–H and O–H groups in total. The van der Waals surface area contributed by atoms with Crippen LogP contribution in [0.1, 0.15) is 9.75 Å². The van der Waals surface area contributed by atoms with E-state index in [-0.39, 0.29) is 0 Å². The first-order chi connectivity index (χ1) is 11.8. The molecule has 0 unspecified atom stereocenters. The predicted octanol–water partition coefficient (Wildman–Crippen LogP) is 6.17. The number of nitriles is 2. The quantitative estimate of drug-likeness (QED) is 0.317. The molecule has 0 atom stereocenters. The van der Waals surface area contributed by atoms with Gasteiger partial charge in [0.2, 0.25) is 0 Å². The van der Waals surface area contributed by atoms with Gasteiger partial charge in [-0.3, -0.25) is 0 Å². The average molecular weight is 340 g/mol. The molecule has 2 aromatic heterocycles. The first-order valence-corrected chi connectivity index (χ1v) is 9.03. The normalized spacial score (nSPS) is 11.2. The zero-order valence-corrected chi connectivity index (χ0v) is 14.0. The van der Waals surface area contributed by atoms with Gasteiger partial charge in [-0.05, 0) is 57.9 Å². The van der Waals surface area contributed by atoms with E-state index in [1.165, 1.54) is 33.4 Å². The molecule has 0 aliphatic rings. The Morgan fingerprint density at radius 2 is 1.04 bits per heavy atom. The van der Waals surface area contributed by atoms with Crippen LogP contribution in [0.15, 0.2) is 48.5 Å². The van der Waals surface area contributed by atoms with Crippen molar-refractivity contribution in [3.63, 3.8) is 0 Å². The lowest BCUT2D eigenvalue weighted by Gasteiger charge is -2.05. The van der Waals surface area contributed by atoms with Crippen LogP contribution in [0.3, 0.4) is 0 Å². The van der Waals surface area contributed by atoms with Gasteiger partial charge in [-0.1, -0.05) is 12.1 Å². The maximum Gasteiger partial charge on any atom is 0.110 e. The Balaban J connectivity index is 1.95. The third-order valence-corrected chi connectivity index (χ3v) is 6.38. The van der Waals surface area contributed by atoms with Gasteiger partial charge in [0.1, 0.15) is 21.9 Å². The average Bonchev–Trinajstić information content (AvgIpc) is 3.23. The van der Waals surface area contributed by atoms with Crippen molar-refractivity contribution in [1.29, 1.82) is 10.5 Å². The number of benzene rings is 3. The summed E-state index contributed by atoms with van der Waals surface area (Å²) in [4.78, 5) is 1.48. The van der Waals surface area contributed by atoms with Crippen LogP contribution in [0.25, 0.3) is 41.7 Å². The summed E-state index contributed by atoms with van der Waals surface area (Å²) in [6.07, 6.45) is 0. The maximum absolute atomic E-state index is 9.16. The molecule has 24 heavy (non-hydrogen) atoms. The minimum absolute atomic E-state index is 0.740. The standard InChI is InChI=1S/C20H8N2S2/c21-9-13-7-17-15-6-12-2-4-20-18(8-14(10-22)24-20)16(12)5-11(15)1-3-19(17)23-13/h1-8H. The number of nitrogens with zero attached hydrogens (tertiary/aromatic N) is 2. The highest BCUT2D eigenvalue weighted by Crippen LogP contribution is 2.37. The van der Waals surface area contributed by atoms with Crippen LogP contribution in [-0.2, 0) is 0 Å². The van der Waals surface area contributed by atoms with Crippen LogP contribution >= 0.6 is 22.7 Å². The molecule has 0 aliphatic heterocycles. The Morgan fingerprint density at radius 1 is 0.583 bits per heavy atom. The molecule has 5 rings (SSSR count). The van der Waals surface area contributed by atoms with E-state index in [0.717, 1.165) is 40.7 Å². The molecule has 0 radical (unpaired) electrons. The van der Waals surface area contributed by atoms with Crippen molar-refractivity contribution >= 4 is 64.4 Å². The highest BCUT2D eigenvalue weighted by Gasteiger charge is 2.10. The van der Waals surface area contributed by atoms with Gasteiger partial charge in [0.25, 0.3) is 0 Å². The molecule has 4 heteroatoms. The van der Waals surface area contributed by atoms with Gasteiger partial charge in [-0.2, -0.15) is 10.5 Å². The summed E-state index contributed by atoms with van der Waals surface area (Å²) < 4.78 is 2.28. The van der Waals surface area contributed by atoms with Crippen LogP contribution in [0.2, 0.25) is 0 Å². The summed E-state index contributed by atoms with van der Waals surface area (Å²) in [5.41, 5.74) is 0. The van der Waals surface area contributed by atoms with Crippen molar-refractivity contribution in [3.05, 3.63) is 58.3 Å². The van der Waals surface area contributed by atoms with E-state index in [1.54, 1.807) is 0 Å². The van der Waals surface area contributed by atoms with E-state index in [4.69, 9.17) is 10.5 Å². The Morgan fingerprint density at radius 3 is 1.46 bits per heavy atom. The number of fused-ring (bicyclic) bond motifs is 6. The molecular formula is C20H8N2S2. The molecule has 0 saturated carbocycles. The van der Waals surface area contributed by atoms with Gasteiger partial charge < -0.3 is 0 Å². The third-order valence-electron chi connectivity index (χ3n) is 4.37. The summed E-state index contributed by atoms with van der Waals surface area (Å²) >= 11 is 3.06. The largest absolute Gasteiger partial charge is 0.192 e.